The molecule has 0 aliphatic heterocycles. The number of amides is 1. The highest BCUT2D eigenvalue weighted by Crippen LogP contribution is 2.30. The van der Waals surface area contributed by atoms with Crippen molar-refractivity contribution in [3.05, 3.63) is 28.1 Å². The van der Waals surface area contributed by atoms with Gasteiger partial charge in [0.2, 0.25) is 0 Å². The van der Waals surface area contributed by atoms with Gasteiger partial charge in [-0.25, -0.2) is 4.98 Å². The SMILES string of the molecule is Cc1nc(-c2cccs2)sc1C(=O)NCCCCCCCC(=O)O. The van der Waals surface area contributed by atoms with Crippen molar-refractivity contribution in [2.45, 2.75) is 45.4 Å². The molecule has 0 atom stereocenters. The number of rotatable bonds is 10. The third-order valence-corrected chi connectivity index (χ3v) is 5.78. The first-order valence-corrected chi connectivity index (χ1v) is 9.79. The molecule has 0 saturated carbocycles. The van der Waals surface area contributed by atoms with Crippen molar-refractivity contribution < 1.29 is 14.7 Å². The molecule has 0 aromatic carbocycles. The van der Waals surface area contributed by atoms with Gasteiger partial charge in [0.05, 0.1) is 10.6 Å². The van der Waals surface area contributed by atoms with E-state index in [-0.39, 0.29) is 12.3 Å². The Morgan fingerprint density at radius 3 is 2.67 bits per heavy atom. The lowest BCUT2D eigenvalue weighted by Crippen LogP contribution is -2.24. The zero-order chi connectivity index (χ0) is 17.4. The summed E-state index contributed by atoms with van der Waals surface area (Å²) in [5, 5.41) is 14.4. The van der Waals surface area contributed by atoms with Gasteiger partial charge < -0.3 is 10.4 Å². The van der Waals surface area contributed by atoms with Crippen LogP contribution < -0.4 is 5.32 Å². The molecule has 130 valence electrons. The normalized spacial score (nSPS) is 10.7. The lowest BCUT2D eigenvalue weighted by atomic mass is 10.1. The Kier molecular flexibility index (Phi) is 7.39. The minimum Gasteiger partial charge on any atom is -0.481 e. The van der Waals surface area contributed by atoms with Gasteiger partial charge in [0.25, 0.3) is 5.91 Å². The van der Waals surface area contributed by atoms with E-state index in [2.05, 4.69) is 10.3 Å². The lowest BCUT2D eigenvalue weighted by Gasteiger charge is -2.04. The van der Waals surface area contributed by atoms with Gasteiger partial charge in [-0.2, -0.15) is 0 Å². The monoisotopic (exact) mass is 366 g/mol. The van der Waals surface area contributed by atoms with Gasteiger partial charge in [-0.05, 0) is 31.2 Å². The average Bonchev–Trinajstić information content (AvgIpc) is 3.18. The Labute approximate surface area is 149 Å². The molecule has 2 N–H and O–H groups in total. The quantitative estimate of drug-likeness (QED) is 0.613. The van der Waals surface area contributed by atoms with E-state index in [0.29, 0.717) is 11.4 Å². The van der Waals surface area contributed by atoms with Gasteiger partial charge in [-0.3, -0.25) is 9.59 Å². The van der Waals surface area contributed by atoms with E-state index in [1.54, 1.807) is 11.3 Å². The highest BCUT2D eigenvalue weighted by molar-refractivity contribution is 7.22. The van der Waals surface area contributed by atoms with Crippen LogP contribution in [-0.4, -0.2) is 28.5 Å². The van der Waals surface area contributed by atoms with Crippen LogP contribution >= 0.6 is 22.7 Å². The Bertz CT molecular complexity index is 665. The Morgan fingerprint density at radius 2 is 1.96 bits per heavy atom. The fourth-order valence-corrected chi connectivity index (χ4v) is 4.11. The predicted molar refractivity (Wildman–Crippen MR) is 97.8 cm³/mol. The van der Waals surface area contributed by atoms with Crippen LogP contribution in [0.15, 0.2) is 17.5 Å². The summed E-state index contributed by atoms with van der Waals surface area (Å²) >= 11 is 3.06. The van der Waals surface area contributed by atoms with Gasteiger partial charge in [-0.15, -0.1) is 22.7 Å². The molecule has 5 nitrogen and oxygen atoms in total. The van der Waals surface area contributed by atoms with Crippen molar-refractivity contribution in [1.82, 2.24) is 10.3 Å². The number of nitrogens with zero attached hydrogens (tertiary/aromatic N) is 1. The highest BCUT2D eigenvalue weighted by atomic mass is 32.1. The second kappa shape index (κ2) is 9.54. The van der Waals surface area contributed by atoms with Crippen molar-refractivity contribution in [2.24, 2.45) is 0 Å². The fourth-order valence-electron chi connectivity index (χ4n) is 2.33. The summed E-state index contributed by atoms with van der Waals surface area (Å²) in [4.78, 5) is 28.9. The molecular formula is C17H22N2O3S2. The molecule has 0 spiro atoms. The number of aryl methyl sites for hydroxylation is 1. The number of carbonyl (C=O) groups is 2. The number of hydrogen-bond acceptors (Lipinski definition) is 5. The van der Waals surface area contributed by atoms with Crippen molar-refractivity contribution in [2.75, 3.05) is 6.54 Å². The molecular weight excluding hydrogens is 344 g/mol. The Hall–Kier alpha value is -1.73. The van der Waals surface area contributed by atoms with Crippen LogP contribution in [0.1, 0.15) is 53.9 Å². The molecule has 0 radical (unpaired) electrons. The Morgan fingerprint density at radius 1 is 1.21 bits per heavy atom. The number of carboxylic acid groups (broad SMARTS) is 1. The number of carboxylic acids is 1. The first-order valence-electron chi connectivity index (χ1n) is 8.09. The van der Waals surface area contributed by atoms with E-state index >= 15 is 0 Å². The summed E-state index contributed by atoms with van der Waals surface area (Å²) < 4.78 is 0. The third-order valence-electron chi connectivity index (χ3n) is 3.59. The number of aromatic nitrogens is 1. The van der Waals surface area contributed by atoms with Gasteiger partial charge in [0.1, 0.15) is 9.88 Å². The molecule has 0 unspecified atom stereocenters. The predicted octanol–water partition coefficient (Wildman–Crippen LogP) is 4.34. The summed E-state index contributed by atoms with van der Waals surface area (Å²) in [5.41, 5.74) is 0.773. The molecule has 24 heavy (non-hydrogen) atoms. The van der Waals surface area contributed by atoms with Crippen LogP contribution in [0.2, 0.25) is 0 Å². The number of unbranched alkanes of at least 4 members (excludes halogenated alkanes) is 4. The highest BCUT2D eigenvalue weighted by Gasteiger charge is 2.16. The van der Waals surface area contributed by atoms with Crippen molar-refractivity contribution >= 4 is 34.6 Å². The van der Waals surface area contributed by atoms with Crippen LogP contribution in [0.4, 0.5) is 0 Å². The van der Waals surface area contributed by atoms with Crippen LogP contribution in [0.5, 0.6) is 0 Å². The van der Waals surface area contributed by atoms with Gasteiger partial charge in [0.15, 0.2) is 0 Å². The fraction of sp³-hybridized carbons (Fsp3) is 0.471. The molecule has 1 amide bonds. The summed E-state index contributed by atoms with van der Waals surface area (Å²) in [5.74, 6) is -0.789. The molecule has 0 aliphatic carbocycles. The Balaban J connectivity index is 1.69. The topological polar surface area (TPSA) is 79.3 Å². The number of aliphatic carboxylic acids is 1. The maximum absolute atomic E-state index is 12.3. The number of thiophene rings is 1. The van der Waals surface area contributed by atoms with E-state index in [4.69, 9.17) is 5.11 Å². The summed E-state index contributed by atoms with van der Waals surface area (Å²) in [6.45, 7) is 2.51. The van der Waals surface area contributed by atoms with Gasteiger partial charge in [0, 0.05) is 13.0 Å². The molecule has 7 heteroatoms. The molecule has 0 bridgehead atoms. The molecule has 0 aliphatic rings. The zero-order valence-corrected chi connectivity index (χ0v) is 15.3. The lowest BCUT2D eigenvalue weighted by molar-refractivity contribution is -0.137. The average molecular weight is 367 g/mol. The largest absolute Gasteiger partial charge is 0.481 e. The molecule has 2 heterocycles. The van der Waals surface area contributed by atoms with Gasteiger partial charge >= 0.3 is 5.97 Å². The summed E-state index contributed by atoms with van der Waals surface area (Å²) in [6, 6.07) is 3.99. The van der Waals surface area contributed by atoms with E-state index in [9.17, 15) is 9.59 Å². The van der Waals surface area contributed by atoms with E-state index in [1.165, 1.54) is 11.3 Å². The minimum absolute atomic E-state index is 0.0568. The maximum atomic E-state index is 12.3. The zero-order valence-electron chi connectivity index (χ0n) is 13.7. The van der Waals surface area contributed by atoms with Crippen LogP contribution in [0.25, 0.3) is 9.88 Å². The number of nitrogens with one attached hydrogen (secondary N) is 1. The second-order valence-corrected chi connectivity index (χ2v) is 7.53. The van der Waals surface area contributed by atoms with Crippen LogP contribution in [-0.2, 0) is 4.79 Å². The number of hydrogen-bond donors (Lipinski definition) is 2. The van der Waals surface area contributed by atoms with E-state index in [0.717, 1.165) is 47.7 Å². The third kappa shape index (κ3) is 5.72. The van der Waals surface area contributed by atoms with Crippen LogP contribution in [0.3, 0.4) is 0 Å². The van der Waals surface area contributed by atoms with Crippen molar-refractivity contribution in [1.29, 1.82) is 0 Å². The molecule has 2 aromatic rings. The molecule has 2 rings (SSSR count). The standard InChI is InChI=1S/C17H22N2O3S2/c1-12-15(24-17(19-12)13-8-7-11-23-13)16(22)18-10-6-4-2-3-5-9-14(20)21/h7-8,11H,2-6,9-10H2,1H3,(H,18,22)(H,20,21). The molecule has 2 aromatic heterocycles. The van der Waals surface area contributed by atoms with Crippen molar-refractivity contribution in [3.63, 3.8) is 0 Å². The van der Waals surface area contributed by atoms with Gasteiger partial charge in [-0.1, -0.05) is 25.3 Å². The summed E-state index contributed by atoms with van der Waals surface area (Å²) in [6.07, 6.45) is 4.82. The first-order chi connectivity index (χ1) is 11.6. The number of thiazole rings is 1. The second-order valence-electron chi connectivity index (χ2n) is 5.58. The molecule has 0 fully saturated rings. The first kappa shape index (κ1) is 18.6. The van der Waals surface area contributed by atoms with E-state index < -0.39 is 5.97 Å². The van der Waals surface area contributed by atoms with E-state index in [1.807, 2.05) is 24.4 Å². The smallest absolute Gasteiger partial charge is 0.303 e. The minimum atomic E-state index is -0.732. The van der Waals surface area contributed by atoms with Crippen LogP contribution in [0, 0.1) is 6.92 Å². The molecule has 0 saturated heterocycles. The van der Waals surface area contributed by atoms with Crippen molar-refractivity contribution in [3.8, 4) is 9.88 Å². The maximum Gasteiger partial charge on any atom is 0.303 e. The summed E-state index contributed by atoms with van der Waals surface area (Å²) in [7, 11) is 0. The number of carbonyl (C=O) groups excluding carboxylic acids is 1.